The minimum atomic E-state index is -0.262. The van der Waals surface area contributed by atoms with Gasteiger partial charge in [0.2, 0.25) is 5.91 Å². The SMILES string of the molecule is Cc1cc(C2CC(C(=O)N3CCN(c4ccccn4)CC3)NN2)ccc1F. The van der Waals surface area contributed by atoms with Crippen LogP contribution in [0.3, 0.4) is 0 Å². The number of carbonyl (C=O) groups excluding carboxylic acids is 1. The summed E-state index contributed by atoms with van der Waals surface area (Å²) < 4.78 is 13.5. The topological polar surface area (TPSA) is 60.5 Å². The Morgan fingerprint density at radius 2 is 1.96 bits per heavy atom. The van der Waals surface area contributed by atoms with Crippen molar-refractivity contribution in [2.24, 2.45) is 0 Å². The molecule has 2 aromatic rings. The first-order chi connectivity index (χ1) is 13.1. The van der Waals surface area contributed by atoms with Crippen LogP contribution in [0.25, 0.3) is 0 Å². The number of rotatable bonds is 3. The fourth-order valence-corrected chi connectivity index (χ4v) is 3.74. The highest BCUT2D eigenvalue weighted by Gasteiger charge is 2.34. The quantitative estimate of drug-likeness (QED) is 0.864. The molecule has 2 atom stereocenters. The zero-order valence-electron chi connectivity index (χ0n) is 15.4. The van der Waals surface area contributed by atoms with E-state index in [-0.39, 0.29) is 23.8 Å². The number of hydrazine groups is 1. The summed E-state index contributed by atoms with van der Waals surface area (Å²) in [5.41, 5.74) is 7.92. The van der Waals surface area contributed by atoms with Gasteiger partial charge in [-0.1, -0.05) is 18.2 Å². The number of aromatic nitrogens is 1. The van der Waals surface area contributed by atoms with E-state index in [1.807, 2.05) is 29.2 Å². The van der Waals surface area contributed by atoms with Gasteiger partial charge in [-0.05, 0) is 42.7 Å². The van der Waals surface area contributed by atoms with Crippen molar-refractivity contribution in [2.45, 2.75) is 25.4 Å². The lowest BCUT2D eigenvalue weighted by Crippen LogP contribution is -2.53. The molecule has 4 rings (SSSR count). The van der Waals surface area contributed by atoms with Gasteiger partial charge < -0.3 is 9.80 Å². The summed E-state index contributed by atoms with van der Waals surface area (Å²) in [4.78, 5) is 21.4. The highest BCUT2D eigenvalue weighted by molar-refractivity contribution is 5.82. The second kappa shape index (κ2) is 7.62. The molecule has 2 unspecified atom stereocenters. The first-order valence-corrected chi connectivity index (χ1v) is 9.33. The Labute approximate surface area is 158 Å². The summed E-state index contributed by atoms with van der Waals surface area (Å²) >= 11 is 0. The van der Waals surface area contributed by atoms with Crippen LogP contribution in [-0.2, 0) is 4.79 Å². The number of halogens is 1. The monoisotopic (exact) mass is 369 g/mol. The number of aryl methyl sites for hydroxylation is 1. The Morgan fingerprint density at radius 3 is 2.67 bits per heavy atom. The van der Waals surface area contributed by atoms with Gasteiger partial charge in [0.05, 0.1) is 0 Å². The lowest BCUT2D eigenvalue weighted by Gasteiger charge is -2.36. The smallest absolute Gasteiger partial charge is 0.241 e. The zero-order valence-corrected chi connectivity index (χ0v) is 15.4. The van der Waals surface area contributed by atoms with Crippen molar-refractivity contribution in [2.75, 3.05) is 31.1 Å². The van der Waals surface area contributed by atoms with Crippen molar-refractivity contribution in [3.05, 3.63) is 59.5 Å². The number of hydrogen-bond donors (Lipinski definition) is 2. The molecule has 0 bridgehead atoms. The number of nitrogens with one attached hydrogen (secondary N) is 2. The van der Waals surface area contributed by atoms with Crippen LogP contribution >= 0.6 is 0 Å². The fraction of sp³-hybridized carbons (Fsp3) is 0.400. The molecule has 1 aromatic heterocycles. The van der Waals surface area contributed by atoms with Crippen molar-refractivity contribution < 1.29 is 9.18 Å². The van der Waals surface area contributed by atoms with Crippen molar-refractivity contribution >= 4 is 11.7 Å². The van der Waals surface area contributed by atoms with Crippen LogP contribution in [0.15, 0.2) is 42.6 Å². The molecule has 0 spiro atoms. The Balaban J connectivity index is 1.33. The second-order valence-corrected chi connectivity index (χ2v) is 7.14. The predicted molar refractivity (Wildman–Crippen MR) is 102 cm³/mol. The van der Waals surface area contributed by atoms with Crippen molar-refractivity contribution in [1.82, 2.24) is 20.7 Å². The molecule has 3 heterocycles. The Bertz CT molecular complexity index is 807. The minimum absolute atomic E-state index is 0.00746. The first kappa shape index (κ1) is 17.9. The predicted octanol–water partition coefficient (Wildman–Crippen LogP) is 1.79. The van der Waals surface area contributed by atoms with Gasteiger partial charge in [-0.25, -0.2) is 20.2 Å². The molecule has 0 aliphatic carbocycles. The summed E-state index contributed by atoms with van der Waals surface area (Å²) in [7, 11) is 0. The van der Waals surface area contributed by atoms with Crippen LogP contribution in [0.2, 0.25) is 0 Å². The number of piperazine rings is 1. The zero-order chi connectivity index (χ0) is 18.8. The van der Waals surface area contributed by atoms with Crippen LogP contribution < -0.4 is 15.8 Å². The molecule has 2 aliphatic heterocycles. The van der Waals surface area contributed by atoms with E-state index in [9.17, 15) is 9.18 Å². The first-order valence-electron chi connectivity index (χ1n) is 9.33. The van der Waals surface area contributed by atoms with E-state index in [0.717, 1.165) is 24.5 Å². The number of pyridine rings is 1. The third kappa shape index (κ3) is 3.79. The van der Waals surface area contributed by atoms with E-state index in [1.54, 1.807) is 19.2 Å². The third-order valence-corrected chi connectivity index (χ3v) is 5.35. The van der Waals surface area contributed by atoms with E-state index in [4.69, 9.17) is 0 Å². The van der Waals surface area contributed by atoms with Gasteiger partial charge >= 0.3 is 0 Å². The Morgan fingerprint density at radius 1 is 1.15 bits per heavy atom. The third-order valence-electron chi connectivity index (χ3n) is 5.35. The summed E-state index contributed by atoms with van der Waals surface area (Å²) in [5.74, 6) is 0.865. The van der Waals surface area contributed by atoms with Gasteiger partial charge in [0.25, 0.3) is 0 Å². The Kier molecular flexibility index (Phi) is 5.05. The minimum Gasteiger partial charge on any atom is -0.353 e. The molecular formula is C20H24FN5O. The van der Waals surface area contributed by atoms with E-state index in [0.29, 0.717) is 25.1 Å². The van der Waals surface area contributed by atoms with Gasteiger partial charge in [-0.2, -0.15) is 0 Å². The van der Waals surface area contributed by atoms with Crippen molar-refractivity contribution in [1.29, 1.82) is 0 Å². The van der Waals surface area contributed by atoms with Crippen LogP contribution in [0.1, 0.15) is 23.6 Å². The second-order valence-electron chi connectivity index (χ2n) is 7.14. The molecule has 1 amide bonds. The van der Waals surface area contributed by atoms with E-state index in [2.05, 4.69) is 20.7 Å². The lowest BCUT2D eigenvalue weighted by atomic mass is 9.99. The molecule has 1 aromatic carbocycles. The van der Waals surface area contributed by atoms with E-state index < -0.39 is 0 Å². The maximum Gasteiger partial charge on any atom is 0.241 e. The maximum atomic E-state index is 13.5. The van der Waals surface area contributed by atoms with E-state index in [1.165, 1.54) is 6.07 Å². The van der Waals surface area contributed by atoms with Gasteiger partial charge in [0.15, 0.2) is 0 Å². The largest absolute Gasteiger partial charge is 0.353 e. The van der Waals surface area contributed by atoms with Crippen LogP contribution in [-0.4, -0.2) is 48.0 Å². The summed E-state index contributed by atoms with van der Waals surface area (Å²) in [6, 6.07) is 10.7. The van der Waals surface area contributed by atoms with Gasteiger partial charge in [0, 0.05) is 38.4 Å². The number of nitrogens with zero attached hydrogens (tertiary/aromatic N) is 3. The van der Waals surface area contributed by atoms with Crippen LogP contribution in [0, 0.1) is 12.7 Å². The summed E-state index contributed by atoms with van der Waals surface area (Å²) in [6.45, 7) is 4.69. The molecule has 6 nitrogen and oxygen atoms in total. The van der Waals surface area contributed by atoms with Gasteiger partial charge in [-0.15, -0.1) is 0 Å². The van der Waals surface area contributed by atoms with Crippen molar-refractivity contribution in [3.8, 4) is 0 Å². The number of hydrogen-bond acceptors (Lipinski definition) is 5. The van der Waals surface area contributed by atoms with E-state index >= 15 is 0 Å². The summed E-state index contributed by atoms with van der Waals surface area (Å²) in [5, 5.41) is 0. The van der Waals surface area contributed by atoms with Crippen LogP contribution in [0.5, 0.6) is 0 Å². The number of carbonyl (C=O) groups is 1. The van der Waals surface area contributed by atoms with Crippen LogP contribution in [0.4, 0.5) is 10.2 Å². The average Bonchev–Trinajstić information content (AvgIpc) is 3.20. The molecule has 142 valence electrons. The molecule has 7 heteroatoms. The number of anilines is 1. The number of benzene rings is 1. The molecular weight excluding hydrogens is 345 g/mol. The maximum absolute atomic E-state index is 13.5. The Hall–Kier alpha value is -2.51. The highest BCUT2D eigenvalue weighted by atomic mass is 19.1. The fourth-order valence-electron chi connectivity index (χ4n) is 3.74. The molecule has 27 heavy (non-hydrogen) atoms. The average molecular weight is 369 g/mol. The standard InChI is InChI=1S/C20H24FN5O/c1-14-12-15(5-6-16(14)21)17-13-18(24-23-17)20(27)26-10-8-25(9-11-26)19-4-2-3-7-22-19/h2-7,12,17-18,23-24H,8-11,13H2,1H3. The molecule has 0 saturated carbocycles. The normalized spacial score (nSPS) is 22.9. The van der Waals surface area contributed by atoms with Gasteiger partial charge in [0.1, 0.15) is 17.7 Å². The molecule has 0 radical (unpaired) electrons. The van der Waals surface area contributed by atoms with Crippen molar-refractivity contribution in [3.63, 3.8) is 0 Å². The number of amides is 1. The molecule has 2 saturated heterocycles. The highest BCUT2D eigenvalue weighted by Crippen LogP contribution is 2.25. The lowest BCUT2D eigenvalue weighted by molar-refractivity contribution is -0.133. The summed E-state index contributed by atoms with van der Waals surface area (Å²) in [6.07, 6.45) is 2.45. The molecule has 2 fully saturated rings. The molecule has 2 N–H and O–H groups in total. The van der Waals surface area contributed by atoms with Gasteiger partial charge in [-0.3, -0.25) is 4.79 Å². The molecule has 2 aliphatic rings.